The molecule has 2 N–H and O–H groups in total. The maximum atomic E-state index is 13.2. The number of aliphatic carboxylic acids is 1. The molecular formula is C29H24N2O6. The van der Waals surface area contributed by atoms with E-state index in [0.717, 1.165) is 22.3 Å². The van der Waals surface area contributed by atoms with Gasteiger partial charge in [0.15, 0.2) is 5.43 Å². The van der Waals surface area contributed by atoms with E-state index in [0.29, 0.717) is 16.5 Å². The first-order chi connectivity index (χ1) is 17.8. The number of hydrogen-bond donors (Lipinski definition) is 2. The van der Waals surface area contributed by atoms with Gasteiger partial charge in [-0.15, -0.1) is 0 Å². The van der Waals surface area contributed by atoms with Gasteiger partial charge in [-0.05, 0) is 47.4 Å². The summed E-state index contributed by atoms with van der Waals surface area (Å²) in [6.45, 7) is 1.66. The highest BCUT2D eigenvalue weighted by molar-refractivity contribution is 6.01. The van der Waals surface area contributed by atoms with E-state index >= 15 is 0 Å². The fourth-order valence-electron chi connectivity index (χ4n) is 4.56. The van der Waals surface area contributed by atoms with Crippen LogP contribution in [0.25, 0.3) is 22.1 Å². The van der Waals surface area contributed by atoms with Crippen molar-refractivity contribution in [3.63, 3.8) is 0 Å². The number of fused-ring (bicyclic) bond motifs is 2. The molecule has 0 unspecified atom stereocenters. The fraction of sp³-hybridized carbons (Fsp3) is 0.172. The molecule has 2 heterocycles. The van der Waals surface area contributed by atoms with Gasteiger partial charge in [-0.2, -0.15) is 0 Å². The van der Waals surface area contributed by atoms with Crippen molar-refractivity contribution in [2.45, 2.75) is 32.0 Å². The second-order valence-corrected chi connectivity index (χ2v) is 9.07. The van der Waals surface area contributed by atoms with E-state index in [-0.39, 0.29) is 24.3 Å². The predicted molar refractivity (Wildman–Crippen MR) is 137 cm³/mol. The maximum absolute atomic E-state index is 13.2. The van der Waals surface area contributed by atoms with Crippen molar-refractivity contribution >= 4 is 28.8 Å². The van der Waals surface area contributed by atoms with Gasteiger partial charge in [0, 0.05) is 24.6 Å². The zero-order chi connectivity index (χ0) is 26.1. The van der Waals surface area contributed by atoms with Gasteiger partial charge in [0.2, 0.25) is 5.91 Å². The number of carbonyl (C=O) groups is 3. The van der Waals surface area contributed by atoms with E-state index in [1.165, 1.54) is 24.2 Å². The Morgan fingerprint density at radius 1 is 1.00 bits per heavy atom. The summed E-state index contributed by atoms with van der Waals surface area (Å²) < 4.78 is 5.38. The first-order valence-electron chi connectivity index (χ1n) is 11.8. The van der Waals surface area contributed by atoms with E-state index < -0.39 is 24.0 Å². The second kappa shape index (κ2) is 9.73. The van der Waals surface area contributed by atoms with E-state index in [9.17, 15) is 24.3 Å². The molecule has 8 nitrogen and oxygen atoms in total. The summed E-state index contributed by atoms with van der Waals surface area (Å²) in [6, 6.07) is 19.5. The number of nitrogens with zero attached hydrogens (tertiary/aromatic N) is 1. The Kier molecular flexibility index (Phi) is 6.31. The molecular weight excluding hydrogens is 472 g/mol. The Bertz CT molecular complexity index is 1570. The Hall–Kier alpha value is -4.72. The predicted octanol–water partition coefficient (Wildman–Crippen LogP) is 3.62. The molecule has 2 amide bonds. The SMILES string of the molecule is C[C@H](NC(=O)[C@H](Cc1ccc(-c2ccc3occc(=O)c3c2)cc1)N1Cc2ccccc2C1=O)C(=O)O. The van der Waals surface area contributed by atoms with Gasteiger partial charge in [-0.25, -0.2) is 0 Å². The van der Waals surface area contributed by atoms with Crippen LogP contribution in [0.2, 0.25) is 0 Å². The third-order valence-corrected chi connectivity index (χ3v) is 6.63. The van der Waals surface area contributed by atoms with Crippen LogP contribution in [0.15, 0.2) is 88.3 Å². The van der Waals surface area contributed by atoms with Crippen molar-refractivity contribution in [1.82, 2.24) is 10.2 Å². The van der Waals surface area contributed by atoms with Crippen LogP contribution < -0.4 is 10.7 Å². The van der Waals surface area contributed by atoms with Crippen LogP contribution in [-0.2, 0) is 22.6 Å². The lowest BCUT2D eigenvalue weighted by Gasteiger charge is -2.28. The third kappa shape index (κ3) is 4.73. The van der Waals surface area contributed by atoms with Crippen LogP contribution >= 0.6 is 0 Å². The molecule has 1 aliphatic heterocycles. The summed E-state index contributed by atoms with van der Waals surface area (Å²) in [5.41, 5.74) is 4.27. The molecule has 1 aliphatic rings. The van der Waals surface area contributed by atoms with Gasteiger partial charge in [-0.1, -0.05) is 48.5 Å². The van der Waals surface area contributed by atoms with Gasteiger partial charge in [-0.3, -0.25) is 19.2 Å². The van der Waals surface area contributed by atoms with Crippen LogP contribution in [0.4, 0.5) is 0 Å². The van der Waals surface area contributed by atoms with Crippen molar-refractivity contribution in [1.29, 1.82) is 0 Å². The minimum atomic E-state index is -1.16. The molecule has 3 aromatic carbocycles. The molecule has 0 saturated carbocycles. The summed E-state index contributed by atoms with van der Waals surface area (Å²) in [7, 11) is 0. The van der Waals surface area contributed by atoms with Crippen molar-refractivity contribution in [2.24, 2.45) is 0 Å². The number of carboxylic acids is 1. The number of amides is 2. The quantitative estimate of drug-likeness (QED) is 0.404. The molecule has 0 saturated heterocycles. The largest absolute Gasteiger partial charge is 0.480 e. The van der Waals surface area contributed by atoms with Gasteiger partial charge in [0.05, 0.1) is 11.6 Å². The summed E-state index contributed by atoms with van der Waals surface area (Å²) in [6.07, 6.45) is 1.58. The molecule has 1 aromatic heterocycles. The molecule has 8 heteroatoms. The molecule has 5 rings (SSSR count). The average Bonchev–Trinajstić information content (AvgIpc) is 3.23. The Morgan fingerprint density at radius 2 is 1.73 bits per heavy atom. The molecule has 37 heavy (non-hydrogen) atoms. The monoisotopic (exact) mass is 496 g/mol. The number of rotatable bonds is 7. The summed E-state index contributed by atoms with van der Waals surface area (Å²) in [5, 5.41) is 12.3. The highest BCUT2D eigenvalue weighted by Crippen LogP contribution is 2.27. The standard InChI is InChI=1S/C29H24N2O6/c1-17(29(35)36)30-27(33)24(31-16-21-4-2-3-5-22(21)28(31)34)14-18-6-8-19(9-7-18)20-10-11-26-23(15-20)25(32)12-13-37-26/h2-13,15,17,24H,14,16H2,1H3,(H,30,33)(H,35,36)/t17-,24-/m0/s1. The van der Waals surface area contributed by atoms with Crippen molar-refractivity contribution < 1.29 is 23.9 Å². The Balaban J connectivity index is 1.42. The van der Waals surface area contributed by atoms with Gasteiger partial charge in [0.1, 0.15) is 17.7 Å². The van der Waals surface area contributed by atoms with Crippen LogP contribution in [0.1, 0.15) is 28.4 Å². The lowest BCUT2D eigenvalue weighted by atomic mass is 9.98. The van der Waals surface area contributed by atoms with E-state index in [1.54, 1.807) is 24.3 Å². The maximum Gasteiger partial charge on any atom is 0.325 e. The highest BCUT2D eigenvalue weighted by Gasteiger charge is 2.37. The van der Waals surface area contributed by atoms with Crippen molar-refractivity contribution in [2.75, 3.05) is 0 Å². The lowest BCUT2D eigenvalue weighted by Crippen LogP contribution is -2.51. The Morgan fingerprint density at radius 3 is 2.46 bits per heavy atom. The van der Waals surface area contributed by atoms with Gasteiger partial charge < -0.3 is 19.7 Å². The summed E-state index contributed by atoms with van der Waals surface area (Å²) in [4.78, 5) is 51.3. The van der Waals surface area contributed by atoms with Crippen LogP contribution in [0, 0.1) is 0 Å². The number of carbonyl (C=O) groups excluding carboxylic acids is 2. The van der Waals surface area contributed by atoms with Crippen molar-refractivity contribution in [3.8, 4) is 11.1 Å². The topological polar surface area (TPSA) is 117 Å². The minimum absolute atomic E-state index is 0.125. The number of nitrogens with one attached hydrogen (secondary N) is 1. The minimum Gasteiger partial charge on any atom is -0.480 e. The molecule has 2 atom stereocenters. The zero-order valence-electron chi connectivity index (χ0n) is 20.0. The van der Waals surface area contributed by atoms with Gasteiger partial charge >= 0.3 is 5.97 Å². The summed E-state index contributed by atoms with van der Waals surface area (Å²) in [5.74, 6) is -1.94. The molecule has 0 radical (unpaired) electrons. The van der Waals surface area contributed by atoms with E-state index in [4.69, 9.17) is 4.42 Å². The van der Waals surface area contributed by atoms with Crippen LogP contribution in [0.5, 0.6) is 0 Å². The van der Waals surface area contributed by atoms with Crippen LogP contribution in [0.3, 0.4) is 0 Å². The molecule has 0 fully saturated rings. The average molecular weight is 497 g/mol. The molecule has 0 spiro atoms. The molecule has 0 bridgehead atoms. The smallest absolute Gasteiger partial charge is 0.325 e. The van der Waals surface area contributed by atoms with E-state index in [2.05, 4.69) is 5.32 Å². The third-order valence-electron chi connectivity index (χ3n) is 6.63. The number of hydrogen-bond acceptors (Lipinski definition) is 5. The molecule has 0 aliphatic carbocycles. The molecule has 4 aromatic rings. The number of carboxylic acid groups (broad SMARTS) is 1. The van der Waals surface area contributed by atoms with E-state index in [1.807, 2.05) is 42.5 Å². The zero-order valence-corrected chi connectivity index (χ0v) is 20.0. The summed E-state index contributed by atoms with van der Waals surface area (Å²) >= 11 is 0. The first-order valence-corrected chi connectivity index (χ1v) is 11.8. The Labute approximate surface area is 212 Å². The van der Waals surface area contributed by atoms with Crippen molar-refractivity contribution in [3.05, 3.63) is 106 Å². The number of benzene rings is 3. The van der Waals surface area contributed by atoms with Gasteiger partial charge in [0.25, 0.3) is 5.91 Å². The molecule has 186 valence electrons. The first kappa shape index (κ1) is 24.0. The highest BCUT2D eigenvalue weighted by atomic mass is 16.4. The lowest BCUT2D eigenvalue weighted by molar-refractivity contribution is -0.142. The van der Waals surface area contributed by atoms with Crippen LogP contribution in [-0.4, -0.2) is 39.9 Å². The normalized spacial score (nSPS) is 14.3. The second-order valence-electron chi connectivity index (χ2n) is 9.07. The fourth-order valence-corrected chi connectivity index (χ4v) is 4.56.